The van der Waals surface area contributed by atoms with E-state index in [9.17, 15) is 4.39 Å². The van der Waals surface area contributed by atoms with Gasteiger partial charge in [0, 0.05) is 12.6 Å². The Bertz CT molecular complexity index is 635. The van der Waals surface area contributed by atoms with E-state index in [0.717, 1.165) is 23.8 Å². The van der Waals surface area contributed by atoms with Crippen molar-refractivity contribution >= 4 is 22.6 Å². The van der Waals surface area contributed by atoms with Crippen molar-refractivity contribution in [2.45, 2.75) is 51.5 Å². The number of nitrogens with zero attached hydrogens (tertiary/aromatic N) is 2. The monoisotopic (exact) mass is 308 g/mol. The highest BCUT2D eigenvalue weighted by atomic mass is 35.5. The number of imidazole rings is 1. The van der Waals surface area contributed by atoms with E-state index in [1.54, 1.807) is 0 Å². The lowest BCUT2D eigenvalue weighted by Crippen LogP contribution is -2.23. The second kappa shape index (κ2) is 5.96. The Balaban J connectivity index is 2.00. The third kappa shape index (κ3) is 2.94. The van der Waals surface area contributed by atoms with Crippen molar-refractivity contribution in [1.82, 2.24) is 9.55 Å². The van der Waals surface area contributed by atoms with E-state index in [2.05, 4.69) is 16.5 Å². The molecule has 0 N–H and O–H groups in total. The van der Waals surface area contributed by atoms with Gasteiger partial charge in [0.1, 0.15) is 11.6 Å². The molecule has 0 spiro atoms. The van der Waals surface area contributed by atoms with Gasteiger partial charge in [0.2, 0.25) is 0 Å². The van der Waals surface area contributed by atoms with Gasteiger partial charge in [-0.2, -0.15) is 0 Å². The summed E-state index contributed by atoms with van der Waals surface area (Å²) in [4.78, 5) is 4.55. The van der Waals surface area contributed by atoms with Gasteiger partial charge < -0.3 is 4.57 Å². The first-order valence-corrected chi connectivity index (χ1v) is 8.29. The first-order chi connectivity index (χ1) is 10.1. The molecule has 114 valence electrons. The Labute approximate surface area is 130 Å². The molecule has 2 nitrogen and oxygen atoms in total. The third-order valence-corrected chi connectivity index (χ3v) is 5.00. The largest absolute Gasteiger partial charge is 0.326 e. The van der Waals surface area contributed by atoms with Gasteiger partial charge in [0.25, 0.3) is 0 Å². The van der Waals surface area contributed by atoms with Crippen LogP contribution in [0.3, 0.4) is 0 Å². The molecular weight excluding hydrogens is 287 g/mol. The van der Waals surface area contributed by atoms with Crippen molar-refractivity contribution in [3.8, 4) is 0 Å². The summed E-state index contributed by atoms with van der Waals surface area (Å²) in [6.45, 7) is 5.21. The zero-order valence-corrected chi connectivity index (χ0v) is 13.4. The first-order valence-electron chi connectivity index (χ1n) is 7.86. The molecule has 1 aliphatic carbocycles. The normalized spacial score (nSPS) is 24.4. The van der Waals surface area contributed by atoms with Crippen LogP contribution in [-0.4, -0.2) is 9.55 Å². The molecule has 1 fully saturated rings. The van der Waals surface area contributed by atoms with Crippen LogP contribution in [0.15, 0.2) is 18.2 Å². The molecule has 1 aromatic carbocycles. The number of hydrogen-bond donors (Lipinski definition) is 0. The predicted octanol–water partition coefficient (Wildman–Crippen LogP) is 5.30. The van der Waals surface area contributed by atoms with Gasteiger partial charge in [-0.05, 0) is 37.3 Å². The quantitative estimate of drug-likeness (QED) is 0.703. The molecule has 1 aliphatic rings. The molecule has 3 rings (SSSR count). The molecule has 0 radical (unpaired) electrons. The Hall–Kier alpha value is -1.09. The standard InChI is InChI=1S/C17H22ClFN2/c1-11-5-3-4-6-13(11)10-21-16-8-7-14(19)9-15(16)20-17(21)12(2)18/h7-9,11-13H,3-6,10H2,1-2H3. The third-order valence-electron chi connectivity index (χ3n) is 4.80. The van der Waals surface area contributed by atoms with Gasteiger partial charge in [-0.1, -0.05) is 26.2 Å². The zero-order valence-electron chi connectivity index (χ0n) is 12.6. The fraction of sp³-hybridized carbons (Fsp3) is 0.588. The Morgan fingerprint density at radius 1 is 1.38 bits per heavy atom. The molecule has 3 unspecified atom stereocenters. The number of alkyl halides is 1. The molecule has 3 atom stereocenters. The van der Waals surface area contributed by atoms with Crippen LogP contribution in [0.1, 0.15) is 50.7 Å². The maximum atomic E-state index is 13.4. The highest BCUT2D eigenvalue weighted by molar-refractivity contribution is 6.20. The topological polar surface area (TPSA) is 17.8 Å². The summed E-state index contributed by atoms with van der Waals surface area (Å²) in [5.74, 6) is 2.01. The van der Waals surface area contributed by atoms with Crippen molar-refractivity contribution in [1.29, 1.82) is 0 Å². The van der Waals surface area contributed by atoms with Crippen LogP contribution in [0.4, 0.5) is 4.39 Å². The minimum Gasteiger partial charge on any atom is -0.326 e. The van der Waals surface area contributed by atoms with Crippen molar-refractivity contribution in [3.63, 3.8) is 0 Å². The Kier molecular flexibility index (Phi) is 4.21. The van der Waals surface area contributed by atoms with E-state index in [1.165, 1.54) is 37.8 Å². The molecule has 1 saturated carbocycles. The van der Waals surface area contributed by atoms with E-state index in [1.807, 2.05) is 13.0 Å². The van der Waals surface area contributed by atoms with Gasteiger partial charge in [0.05, 0.1) is 16.4 Å². The average molecular weight is 309 g/mol. The molecule has 0 amide bonds. The van der Waals surface area contributed by atoms with Crippen molar-refractivity contribution in [2.24, 2.45) is 11.8 Å². The van der Waals surface area contributed by atoms with E-state index in [0.29, 0.717) is 11.4 Å². The van der Waals surface area contributed by atoms with E-state index in [4.69, 9.17) is 11.6 Å². The average Bonchev–Trinajstić information content (AvgIpc) is 2.79. The lowest BCUT2D eigenvalue weighted by molar-refractivity contribution is 0.228. The fourth-order valence-corrected chi connectivity index (χ4v) is 3.68. The van der Waals surface area contributed by atoms with E-state index < -0.39 is 0 Å². The van der Waals surface area contributed by atoms with E-state index in [-0.39, 0.29) is 11.2 Å². The van der Waals surface area contributed by atoms with Gasteiger partial charge >= 0.3 is 0 Å². The van der Waals surface area contributed by atoms with Gasteiger partial charge in [0.15, 0.2) is 0 Å². The second-order valence-electron chi connectivity index (χ2n) is 6.35. The summed E-state index contributed by atoms with van der Waals surface area (Å²) < 4.78 is 15.6. The summed E-state index contributed by atoms with van der Waals surface area (Å²) >= 11 is 6.30. The molecule has 1 heterocycles. The molecule has 21 heavy (non-hydrogen) atoms. The number of rotatable bonds is 3. The lowest BCUT2D eigenvalue weighted by atomic mass is 9.80. The number of fused-ring (bicyclic) bond motifs is 1. The van der Waals surface area contributed by atoms with Crippen LogP contribution < -0.4 is 0 Å². The summed E-state index contributed by atoms with van der Waals surface area (Å²) in [6, 6.07) is 4.83. The van der Waals surface area contributed by atoms with E-state index >= 15 is 0 Å². The Morgan fingerprint density at radius 3 is 2.86 bits per heavy atom. The smallest absolute Gasteiger partial charge is 0.127 e. The first kappa shape index (κ1) is 14.8. The molecule has 0 bridgehead atoms. The SMILES string of the molecule is CC(Cl)c1nc2cc(F)ccc2n1CC1CCCCC1C. The van der Waals surface area contributed by atoms with Crippen LogP contribution in [0, 0.1) is 17.7 Å². The van der Waals surface area contributed by atoms with Crippen molar-refractivity contribution in [3.05, 3.63) is 29.8 Å². The molecule has 4 heteroatoms. The number of aromatic nitrogens is 2. The predicted molar refractivity (Wildman–Crippen MR) is 85.1 cm³/mol. The van der Waals surface area contributed by atoms with Gasteiger partial charge in [-0.25, -0.2) is 9.37 Å². The molecule has 1 aromatic heterocycles. The van der Waals surface area contributed by atoms with Crippen LogP contribution in [0.25, 0.3) is 11.0 Å². The maximum absolute atomic E-state index is 13.4. The minimum absolute atomic E-state index is 0.167. The summed E-state index contributed by atoms with van der Waals surface area (Å²) in [6.07, 6.45) is 5.21. The summed E-state index contributed by atoms with van der Waals surface area (Å²) in [7, 11) is 0. The molecular formula is C17H22ClFN2. The van der Waals surface area contributed by atoms with Crippen LogP contribution in [-0.2, 0) is 6.54 Å². The maximum Gasteiger partial charge on any atom is 0.127 e. The van der Waals surface area contributed by atoms with Crippen LogP contribution in [0.2, 0.25) is 0 Å². The van der Waals surface area contributed by atoms with Gasteiger partial charge in [-0.3, -0.25) is 0 Å². The highest BCUT2D eigenvalue weighted by Crippen LogP contribution is 2.33. The van der Waals surface area contributed by atoms with Gasteiger partial charge in [-0.15, -0.1) is 11.6 Å². The highest BCUT2D eigenvalue weighted by Gasteiger charge is 2.24. The number of hydrogen-bond acceptors (Lipinski definition) is 1. The summed E-state index contributed by atoms with van der Waals surface area (Å²) in [5, 5.41) is -0.167. The van der Waals surface area contributed by atoms with Crippen LogP contribution in [0.5, 0.6) is 0 Å². The Morgan fingerprint density at radius 2 is 2.14 bits per heavy atom. The lowest BCUT2D eigenvalue weighted by Gasteiger charge is -2.29. The molecule has 2 aromatic rings. The summed E-state index contributed by atoms with van der Waals surface area (Å²) in [5.41, 5.74) is 1.71. The number of halogens is 2. The molecule has 0 saturated heterocycles. The van der Waals surface area contributed by atoms with Crippen molar-refractivity contribution in [2.75, 3.05) is 0 Å². The zero-order chi connectivity index (χ0) is 15.0. The molecule has 0 aliphatic heterocycles. The minimum atomic E-state index is -0.244. The van der Waals surface area contributed by atoms with Crippen LogP contribution >= 0.6 is 11.6 Å². The fourth-order valence-electron chi connectivity index (χ4n) is 3.52. The second-order valence-corrected chi connectivity index (χ2v) is 7.01. The van der Waals surface area contributed by atoms with Crippen molar-refractivity contribution < 1.29 is 4.39 Å². The number of benzene rings is 1.